The molecule has 1 heterocycles. The largest absolute Gasteiger partial charge is 0.495 e. The number of methoxy groups -OCH3 is 1. The molecule has 1 saturated heterocycles. The minimum absolute atomic E-state index is 0.568. The van der Waals surface area contributed by atoms with Gasteiger partial charge in [0, 0.05) is 54.9 Å². The number of hydrogen-bond acceptors (Lipinski definition) is 6. The van der Waals surface area contributed by atoms with Crippen LogP contribution in [0.2, 0.25) is 0 Å². The predicted octanol–water partition coefficient (Wildman–Crippen LogP) is 1.71. The van der Waals surface area contributed by atoms with E-state index in [0.717, 1.165) is 36.5 Å². The summed E-state index contributed by atoms with van der Waals surface area (Å²) in [7, 11) is 1.61. The number of morpholine rings is 1. The van der Waals surface area contributed by atoms with E-state index in [9.17, 15) is 0 Å². The Hall–Kier alpha value is -2.21. The van der Waals surface area contributed by atoms with Gasteiger partial charge in [-0.15, -0.1) is 0 Å². The van der Waals surface area contributed by atoms with Gasteiger partial charge in [-0.1, -0.05) is 0 Å². The number of allylic oxidation sites excluding steroid dienone is 1. The molecule has 1 fully saturated rings. The van der Waals surface area contributed by atoms with E-state index >= 15 is 0 Å². The molecule has 22 heavy (non-hydrogen) atoms. The summed E-state index contributed by atoms with van der Waals surface area (Å²) in [6, 6.07) is 3.82. The zero-order chi connectivity index (χ0) is 15.9. The van der Waals surface area contributed by atoms with Gasteiger partial charge in [0.1, 0.15) is 5.75 Å². The lowest BCUT2D eigenvalue weighted by Gasteiger charge is -2.31. The zero-order valence-electron chi connectivity index (χ0n) is 13.2. The fourth-order valence-electron chi connectivity index (χ4n) is 2.47. The van der Waals surface area contributed by atoms with Crippen molar-refractivity contribution in [2.24, 2.45) is 0 Å². The van der Waals surface area contributed by atoms with Crippen LogP contribution in [0, 0.1) is 5.41 Å². The Morgan fingerprint density at radius 1 is 1.45 bits per heavy atom. The van der Waals surface area contributed by atoms with Gasteiger partial charge in [0.2, 0.25) is 0 Å². The highest BCUT2D eigenvalue weighted by Crippen LogP contribution is 2.35. The summed E-state index contributed by atoms with van der Waals surface area (Å²) >= 11 is 0. The lowest BCUT2D eigenvalue weighted by Crippen LogP contribution is -2.36. The van der Waals surface area contributed by atoms with Gasteiger partial charge in [0.05, 0.1) is 26.0 Å². The number of nitrogens with one attached hydrogen (secondary N) is 2. The predicted molar refractivity (Wildman–Crippen MR) is 90.9 cm³/mol. The van der Waals surface area contributed by atoms with Crippen LogP contribution in [0.5, 0.6) is 5.75 Å². The third kappa shape index (κ3) is 3.51. The lowest BCUT2D eigenvalue weighted by molar-refractivity contribution is 0.122. The fourth-order valence-corrected chi connectivity index (χ4v) is 2.47. The number of ether oxygens (including phenoxy) is 2. The van der Waals surface area contributed by atoms with Gasteiger partial charge in [-0.05, 0) is 13.0 Å². The standard InChI is InChI=1S/C16H24N4O2/c1-3-19-11-12(10-17)13-8-14(18)16(21-2)9-15(13)20-4-6-22-7-5-20/h8-11,17,19H,3-7,18H2,1-2H3/b12-11+,17-10?. The number of benzene rings is 1. The summed E-state index contributed by atoms with van der Waals surface area (Å²) in [5, 5.41) is 10.9. The van der Waals surface area contributed by atoms with Crippen LogP contribution in [0.3, 0.4) is 0 Å². The minimum Gasteiger partial charge on any atom is -0.495 e. The average Bonchev–Trinajstić information content (AvgIpc) is 2.56. The molecule has 120 valence electrons. The Bertz CT molecular complexity index is 551. The molecule has 2 rings (SSSR count). The normalized spacial score (nSPS) is 15.5. The van der Waals surface area contributed by atoms with Gasteiger partial charge in [-0.2, -0.15) is 0 Å². The molecule has 0 bridgehead atoms. The first-order chi connectivity index (χ1) is 10.7. The van der Waals surface area contributed by atoms with Crippen LogP contribution in [-0.2, 0) is 4.74 Å². The van der Waals surface area contributed by atoms with Crippen LogP contribution in [0.25, 0.3) is 5.57 Å². The van der Waals surface area contributed by atoms with Gasteiger partial charge in [-0.25, -0.2) is 0 Å². The Morgan fingerprint density at radius 3 is 2.77 bits per heavy atom. The van der Waals surface area contributed by atoms with Crippen LogP contribution in [0.15, 0.2) is 18.3 Å². The van der Waals surface area contributed by atoms with Crippen molar-refractivity contribution in [2.45, 2.75) is 6.92 Å². The zero-order valence-corrected chi connectivity index (χ0v) is 13.2. The molecule has 0 amide bonds. The first kappa shape index (κ1) is 16.2. The summed E-state index contributed by atoms with van der Waals surface area (Å²) in [4.78, 5) is 2.24. The smallest absolute Gasteiger partial charge is 0.143 e. The first-order valence-corrected chi connectivity index (χ1v) is 7.45. The SMILES string of the molecule is CCN/C=C(\C=N)c1cc(N)c(OC)cc1N1CCOCC1. The maximum Gasteiger partial charge on any atom is 0.143 e. The fraction of sp³-hybridized carbons (Fsp3) is 0.438. The van der Waals surface area contributed by atoms with E-state index in [1.807, 2.05) is 25.3 Å². The Balaban J connectivity index is 2.49. The molecule has 0 aliphatic carbocycles. The molecule has 6 heteroatoms. The van der Waals surface area contributed by atoms with Gasteiger partial charge in [-0.3, -0.25) is 0 Å². The van der Waals surface area contributed by atoms with Crippen LogP contribution in [0.4, 0.5) is 11.4 Å². The number of anilines is 2. The van der Waals surface area contributed by atoms with Crippen LogP contribution < -0.4 is 20.7 Å². The number of rotatable bonds is 6. The number of nitrogens with zero attached hydrogens (tertiary/aromatic N) is 1. The molecule has 1 aliphatic heterocycles. The first-order valence-electron chi connectivity index (χ1n) is 7.45. The number of hydrogen-bond donors (Lipinski definition) is 3. The van der Waals surface area contributed by atoms with E-state index < -0.39 is 0 Å². The van der Waals surface area contributed by atoms with Crippen LogP contribution in [0.1, 0.15) is 12.5 Å². The van der Waals surface area contributed by atoms with Crippen LogP contribution in [-0.4, -0.2) is 46.2 Å². The molecule has 0 radical (unpaired) electrons. The molecular formula is C16H24N4O2. The van der Waals surface area contributed by atoms with Crippen molar-refractivity contribution in [2.75, 3.05) is 50.6 Å². The second-order valence-electron chi connectivity index (χ2n) is 5.01. The highest BCUT2D eigenvalue weighted by Gasteiger charge is 2.19. The third-order valence-electron chi connectivity index (χ3n) is 3.63. The van der Waals surface area contributed by atoms with E-state index in [-0.39, 0.29) is 0 Å². The summed E-state index contributed by atoms with van der Waals surface area (Å²) in [6.45, 7) is 5.84. The highest BCUT2D eigenvalue weighted by molar-refractivity contribution is 6.11. The molecule has 6 nitrogen and oxygen atoms in total. The van der Waals surface area contributed by atoms with Crippen molar-refractivity contribution in [1.29, 1.82) is 5.41 Å². The third-order valence-corrected chi connectivity index (χ3v) is 3.63. The van der Waals surface area contributed by atoms with Gasteiger partial charge >= 0.3 is 0 Å². The molecule has 4 N–H and O–H groups in total. The monoisotopic (exact) mass is 304 g/mol. The van der Waals surface area contributed by atoms with Crippen molar-refractivity contribution in [3.05, 3.63) is 23.9 Å². The Kier molecular flexibility index (Phi) is 5.66. The Morgan fingerprint density at radius 2 is 2.18 bits per heavy atom. The second kappa shape index (κ2) is 7.70. The van der Waals surface area contributed by atoms with E-state index in [1.54, 1.807) is 7.11 Å². The van der Waals surface area contributed by atoms with Gasteiger partial charge < -0.3 is 30.8 Å². The Labute approximate surface area is 131 Å². The van der Waals surface area contributed by atoms with E-state index in [4.69, 9.17) is 20.6 Å². The van der Waals surface area contributed by atoms with Crippen molar-refractivity contribution >= 4 is 23.2 Å². The van der Waals surface area contributed by atoms with E-state index in [1.165, 1.54) is 6.21 Å². The van der Waals surface area contributed by atoms with E-state index in [2.05, 4.69) is 10.2 Å². The highest BCUT2D eigenvalue weighted by atomic mass is 16.5. The summed E-state index contributed by atoms with van der Waals surface area (Å²) in [5.41, 5.74) is 9.36. The van der Waals surface area contributed by atoms with Crippen LogP contribution >= 0.6 is 0 Å². The van der Waals surface area contributed by atoms with Gasteiger partial charge in [0.15, 0.2) is 0 Å². The van der Waals surface area contributed by atoms with Crippen molar-refractivity contribution in [1.82, 2.24) is 5.32 Å². The molecule has 1 aliphatic rings. The maximum absolute atomic E-state index is 7.71. The molecule has 0 saturated carbocycles. The van der Waals surface area contributed by atoms with Crippen molar-refractivity contribution in [3.8, 4) is 5.75 Å². The summed E-state index contributed by atoms with van der Waals surface area (Å²) in [6.07, 6.45) is 3.19. The topological polar surface area (TPSA) is 83.6 Å². The average molecular weight is 304 g/mol. The lowest BCUT2D eigenvalue weighted by atomic mass is 10.0. The minimum atomic E-state index is 0.568. The quantitative estimate of drug-likeness (QED) is 0.550. The van der Waals surface area contributed by atoms with Gasteiger partial charge in [0.25, 0.3) is 0 Å². The van der Waals surface area contributed by atoms with Crippen molar-refractivity contribution in [3.63, 3.8) is 0 Å². The molecule has 0 spiro atoms. The molecular weight excluding hydrogens is 280 g/mol. The maximum atomic E-state index is 7.71. The summed E-state index contributed by atoms with van der Waals surface area (Å²) in [5.74, 6) is 0.651. The molecule has 1 aromatic carbocycles. The molecule has 0 atom stereocenters. The summed E-state index contributed by atoms with van der Waals surface area (Å²) < 4.78 is 10.8. The number of nitrogens with two attached hydrogens (primary N) is 1. The second-order valence-corrected chi connectivity index (χ2v) is 5.01. The van der Waals surface area contributed by atoms with E-state index in [0.29, 0.717) is 24.7 Å². The molecule has 0 unspecified atom stereocenters. The molecule has 0 aromatic heterocycles. The number of nitrogen functional groups attached to an aromatic ring is 1. The molecule has 1 aromatic rings. The van der Waals surface area contributed by atoms with Crippen molar-refractivity contribution < 1.29 is 9.47 Å².